The van der Waals surface area contributed by atoms with E-state index in [9.17, 15) is 9.59 Å². The summed E-state index contributed by atoms with van der Waals surface area (Å²) in [5, 5.41) is 1.41. The second-order valence-electron chi connectivity index (χ2n) is 6.54. The van der Waals surface area contributed by atoms with Gasteiger partial charge in [-0.2, -0.15) is 0 Å². The van der Waals surface area contributed by atoms with Crippen molar-refractivity contribution < 1.29 is 9.59 Å². The van der Waals surface area contributed by atoms with Crippen LogP contribution in [0, 0.1) is 0 Å². The van der Waals surface area contributed by atoms with Crippen LogP contribution in [0.2, 0.25) is 0 Å². The Hall–Kier alpha value is -2.41. The number of nitrogens with one attached hydrogen (secondary N) is 1. The number of hydrogen-bond donors (Lipinski definition) is 1. The van der Waals surface area contributed by atoms with E-state index in [1.54, 1.807) is 6.92 Å². The van der Waals surface area contributed by atoms with Gasteiger partial charge in [0, 0.05) is 19.1 Å². The van der Waals surface area contributed by atoms with Crippen LogP contribution < -0.4 is 10.4 Å². The highest BCUT2D eigenvalue weighted by atomic mass is 16.2. The minimum absolute atomic E-state index is 0.146. The molecular weight excluding hydrogens is 318 g/mol. The minimum atomic E-state index is -0.586. The number of hydrogen-bond acceptors (Lipinski definition) is 5. The molecule has 134 valence electrons. The van der Waals surface area contributed by atoms with Gasteiger partial charge in [-0.1, -0.05) is 25.1 Å². The number of likely N-dealkylation sites (N-methyl/N-ethyl adjacent to an activating group) is 1. The van der Waals surface area contributed by atoms with Crippen molar-refractivity contribution in [3.63, 3.8) is 0 Å². The van der Waals surface area contributed by atoms with E-state index >= 15 is 0 Å². The first-order chi connectivity index (χ1) is 12.0. The third-order valence-corrected chi connectivity index (χ3v) is 4.91. The summed E-state index contributed by atoms with van der Waals surface area (Å²) in [5.41, 5.74) is 3.61. The molecule has 0 unspecified atom stereocenters. The molecule has 2 amide bonds. The Morgan fingerprint density at radius 3 is 2.76 bits per heavy atom. The van der Waals surface area contributed by atoms with E-state index in [0.717, 1.165) is 13.0 Å². The third-order valence-electron chi connectivity index (χ3n) is 4.91. The van der Waals surface area contributed by atoms with Crippen LogP contribution in [0.15, 0.2) is 35.3 Å². The van der Waals surface area contributed by atoms with Crippen molar-refractivity contribution in [1.29, 1.82) is 0 Å². The van der Waals surface area contributed by atoms with Gasteiger partial charge in [0.05, 0.1) is 5.69 Å². The first-order valence-corrected chi connectivity index (χ1v) is 8.74. The number of benzene rings is 1. The van der Waals surface area contributed by atoms with Crippen LogP contribution in [0.5, 0.6) is 0 Å². The van der Waals surface area contributed by atoms with Crippen LogP contribution in [-0.2, 0) is 9.59 Å². The summed E-state index contributed by atoms with van der Waals surface area (Å²) < 4.78 is 0. The maximum atomic E-state index is 12.9. The molecule has 0 bridgehead atoms. The fourth-order valence-electron chi connectivity index (χ4n) is 3.19. The molecule has 25 heavy (non-hydrogen) atoms. The highest BCUT2D eigenvalue weighted by Gasteiger charge is 2.35. The lowest BCUT2D eigenvalue weighted by Crippen LogP contribution is -2.58. The van der Waals surface area contributed by atoms with Crippen molar-refractivity contribution in [2.24, 2.45) is 4.99 Å². The number of aliphatic imine (C=N–C) groups is 1. The van der Waals surface area contributed by atoms with Gasteiger partial charge in [-0.15, -0.1) is 0 Å². The molecule has 1 aromatic carbocycles. The number of hydrazine groups is 1. The van der Waals surface area contributed by atoms with Crippen LogP contribution in [0.25, 0.3) is 0 Å². The summed E-state index contributed by atoms with van der Waals surface area (Å²) >= 11 is 0. The molecule has 0 spiro atoms. The molecule has 0 saturated carbocycles. The lowest BCUT2D eigenvalue weighted by atomic mass is 10.2. The summed E-state index contributed by atoms with van der Waals surface area (Å²) in [7, 11) is 2.08. The van der Waals surface area contributed by atoms with Crippen molar-refractivity contribution >= 4 is 23.3 Å². The SMILES string of the molecule is CCN(C)[C@H]1CCN(C(=O)C2=N[C@@H](C)C(=O)N(c3ccccc3)N2)C1. The summed E-state index contributed by atoms with van der Waals surface area (Å²) in [6, 6.07) is 9.04. The average Bonchev–Trinajstić information content (AvgIpc) is 3.13. The molecule has 1 fully saturated rings. The second-order valence-corrected chi connectivity index (χ2v) is 6.54. The van der Waals surface area contributed by atoms with Crippen molar-refractivity contribution in [1.82, 2.24) is 15.2 Å². The number of likely N-dealkylation sites (tertiary alicyclic amines) is 1. The standard InChI is InChI=1S/C18H25N5O2/c1-4-21(3)15-10-11-22(12-15)18(25)16-19-13(2)17(24)23(20-16)14-8-6-5-7-9-14/h5-9,13,15H,4,10-12H2,1-3H3,(H,19,20)/t13-,15-/m0/s1. The van der Waals surface area contributed by atoms with Gasteiger partial charge in [0.25, 0.3) is 11.8 Å². The number of nitrogens with zero attached hydrogens (tertiary/aromatic N) is 4. The average molecular weight is 343 g/mol. The van der Waals surface area contributed by atoms with Gasteiger partial charge in [-0.05, 0) is 39.1 Å². The van der Waals surface area contributed by atoms with Crippen LogP contribution in [0.3, 0.4) is 0 Å². The van der Waals surface area contributed by atoms with E-state index in [1.807, 2.05) is 35.2 Å². The first-order valence-electron chi connectivity index (χ1n) is 8.74. The maximum Gasteiger partial charge on any atom is 0.290 e. The molecule has 1 N–H and O–H groups in total. The molecule has 7 nitrogen and oxygen atoms in total. The topological polar surface area (TPSA) is 68.2 Å². The number of anilines is 1. The Labute approximate surface area is 148 Å². The van der Waals surface area contributed by atoms with Gasteiger partial charge >= 0.3 is 0 Å². The number of para-hydroxylation sites is 1. The predicted molar refractivity (Wildman–Crippen MR) is 97.2 cm³/mol. The van der Waals surface area contributed by atoms with Crippen molar-refractivity contribution in [3.05, 3.63) is 30.3 Å². The predicted octanol–water partition coefficient (Wildman–Crippen LogP) is 0.877. The van der Waals surface area contributed by atoms with Crippen LogP contribution in [-0.4, -0.2) is 66.2 Å². The number of carbonyl (C=O) groups is 2. The molecule has 0 radical (unpaired) electrons. The van der Waals surface area contributed by atoms with E-state index in [1.165, 1.54) is 5.01 Å². The zero-order valence-electron chi connectivity index (χ0n) is 15.0. The molecule has 1 aromatic rings. The molecule has 2 atom stereocenters. The fourth-order valence-corrected chi connectivity index (χ4v) is 3.19. The largest absolute Gasteiger partial charge is 0.334 e. The van der Waals surface area contributed by atoms with E-state index < -0.39 is 6.04 Å². The van der Waals surface area contributed by atoms with Gasteiger partial charge in [-0.3, -0.25) is 15.0 Å². The van der Waals surface area contributed by atoms with Crippen LogP contribution in [0.4, 0.5) is 5.69 Å². The molecule has 2 heterocycles. The maximum absolute atomic E-state index is 12.9. The van der Waals surface area contributed by atoms with Crippen molar-refractivity contribution in [2.75, 3.05) is 31.7 Å². The lowest BCUT2D eigenvalue weighted by molar-refractivity contribution is -0.124. The van der Waals surface area contributed by atoms with E-state index in [4.69, 9.17) is 0 Å². The number of rotatable bonds is 4. The van der Waals surface area contributed by atoms with Crippen molar-refractivity contribution in [2.45, 2.75) is 32.4 Å². The Bertz CT molecular complexity index is 675. The van der Waals surface area contributed by atoms with Gasteiger partial charge < -0.3 is 9.80 Å². The van der Waals surface area contributed by atoms with Crippen LogP contribution >= 0.6 is 0 Å². The number of carbonyl (C=O) groups excluding carboxylic acids is 2. The van der Waals surface area contributed by atoms with Gasteiger partial charge in [0.15, 0.2) is 0 Å². The molecule has 2 aliphatic rings. The van der Waals surface area contributed by atoms with Gasteiger partial charge in [-0.25, -0.2) is 10.0 Å². The Morgan fingerprint density at radius 2 is 2.08 bits per heavy atom. The molecule has 0 aromatic heterocycles. The Morgan fingerprint density at radius 1 is 1.36 bits per heavy atom. The number of amides is 2. The minimum Gasteiger partial charge on any atom is -0.334 e. The second kappa shape index (κ2) is 7.23. The van der Waals surface area contributed by atoms with E-state index in [-0.39, 0.29) is 17.6 Å². The zero-order valence-corrected chi connectivity index (χ0v) is 15.0. The molecule has 7 heteroatoms. The van der Waals surface area contributed by atoms with Crippen LogP contribution in [0.1, 0.15) is 20.3 Å². The zero-order chi connectivity index (χ0) is 18.0. The van der Waals surface area contributed by atoms with E-state index in [0.29, 0.717) is 24.8 Å². The quantitative estimate of drug-likeness (QED) is 0.881. The van der Waals surface area contributed by atoms with Gasteiger partial charge in [0.1, 0.15) is 6.04 Å². The van der Waals surface area contributed by atoms with Gasteiger partial charge in [0.2, 0.25) is 5.84 Å². The van der Waals surface area contributed by atoms with E-state index in [2.05, 4.69) is 29.3 Å². The number of amidine groups is 1. The monoisotopic (exact) mass is 343 g/mol. The molecule has 0 aliphatic carbocycles. The summed E-state index contributed by atoms with van der Waals surface area (Å²) in [6.07, 6.45) is 0.959. The van der Waals surface area contributed by atoms with Crippen molar-refractivity contribution in [3.8, 4) is 0 Å². The summed E-state index contributed by atoms with van der Waals surface area (Å²) in [4.78, 5) is 33.6. The lowest BCUT2D eigenvalue weighted by Gasteiger charge is -2.32. The highest BCUT2D eigenvalue weighted by molar-refractivity contribution is 6.39. The smallest absolute Gasteiger partial charge is 0.290 e. The first kappa shape index (κ1) is 17.4. The highest BCUT2D eigenvalue weighted by Crippen LogP contribution is 2.18. The Kier molecular flexibility index (Phi) is 5.03. The third kappa shape index (κ3) is 3.51. The normalized spacial score (nSPS) is 23.7. The summed E-state index contributed by atoms with van der Waals surface area (Å²) in [5.74, 6) is -0.0872. The molecule has 3 rings (SSSR count). The molecule has 2 aliphatic heterocycles. The summed E-state index contributed by atoms with van der Waals surface area (Å²) in [6.45, 7) is 6.19. The fraction of sp³-hybridized carbons (Fsp3) is 0.500. The Balaban J connectivity index is 1.75. The molecule has 1 saturated heterocycles. The molecular formula is C18H25N5O2.